The van der Waals surface area contributed by atoms with Crippen LogP contribution in [0, 0.1) is 0 Å². The molecule has 0 saturated carbocycles. The summed E-state index contributed by atoms with van der Waals surface area (Å²) in [5.41, 5.74) is 1.64. The first-order valence-corrected chi connectivity index (χ1v) is 8.78. The highest BCUT2D eigenvalue weighted by Gasteiger charge is 2.15. The molecule has 0 atom stereocenters. The number of nitrogens with zero attached hydrogens (tertiary/aromatic N) is 7. The van der Waals surface area contributed by atoms with Crippen molar-refractivity contribution in [1.82, 2.24) is 35.2 Å². The number of rotatable bonds is 3. The van der Waals surface area contributed by atoms with E-state index >= 15 is 0 Å². The lowest BCUT2D eigenvalue weighted by atomic mass is 10.2. The van der Waals surface area contributed by atoms with Gasteiger partial charge in [0.1, 0.15) is 0 Å². The molecule has 26 heavy (non-hydrogen) atoms. The Morgan fingerprint density at radius 3 is 2.69 bits per heavy atom. The van der Waals surface area contributed by atoms with Crippen molar-refractivity contribution in [2.45, 2.75) is 0 Å². The number of tetrazole rings is 1. The van der Waals surface area contributed by atoms with E-state index in [2.05, 4.69) is 25.4 Å². The molecule has 0 bridgehead atoms. The first-order valence-electron chi connectivity index (χ1n) is 7.90. The molecule has 0 saturated heterocycles. The molecular weight excluding hydrogens is 346 g/mol. The van der Waals surface area contributed by atoms with E-state index < -0.39 is 0 Å². The zero-order valence-corrected chi connectivity index (χ0v) is 14.2. The van der Waals surface area contributed by atoms with Crippen molar-refractivity contribution in [1.29, 1.82) is 0 Å². The van der Waals surface area contributed by atoms with E-state index in [4.69, 9.17) is 4.98 Å². The van der Waals surface area contributed by atoms with Crippen LogP contribution in [0.1, 0.15) is 0 Å². The molecule has 8 heteroatoms. The molecule has 0 amide bonds. The monoisotopic (exact) mass is 357 g/mol. The minimum absolute atomic E-state index is 0.499. The van der Waals surface area contributed by atoms with E-state index in [-0.39, 0.29) is 0 Å². The summed E-state index contributed by atoms with van der Waals surface area (Å²) in [6.45, 7) is 0. The van der Waals surface area contributed by atoms with Crippen LogP contribution >= 0.6 is 11.3 Å². The Hall–Kier alpha value is -3.52. The second-order valence-electron chi connectivity index (χ2n) is 5.51. The number of thiophene rings is 1. The van der Waals surface area contributed by atoms with Gasteiger partial charge >= 0.3 is 0 Å². The quantitative estimate of drug-likeness (QED) is 0.492. The minimum atomic E-state index is 0.499. The highest BCUT2D eigenvalue weighted by atomic mass is 32.1. The number of aromatic nitrogens is 7. The van der Waals surface area contributed by atoms with E-state index in [0.717, 1.165) is 21.3 Å². The van der Waals surface area contributed by atoms with E-state index in [1.54, 1.807) is 23.7 Å². The van der Waals surface area contributed by atoms with Crippen LogP contribution in [-0.2, 0) is 0 Å². The number of hydrogen-bond acceptors (Lipinski definition) is 7. The Kier molecular flexibility index (Phi) is 3.46. The lowest BCUT2D eigenvalue weighted by Gasteiger charge is -2.06. The third kappa shape index (κ3) is 2.52. The van der Waals surface area contributed by atoms with Gasteiger partial charge in [0, 0.05) is 23.3 Å². The molecular formula is C18H11N7S. The van der Waals surface area contributed by atoms with E-state index in [1.807, 2.05) is 53.9 Å². The van der Waals surface area contributed by atoms with E-state index in [1.165, 1.54) is 4.80 Å². The third-order valence-corrected chi connectivity index (χ3v) is 4.71. The summed E-state index contributed by atoms with van der Waals surface area (Å²) in [7, 11) is 0. The molecule has 0 spiro atoms. The van der Waals surface area contributed by atoms with Gasteiger partial charge in [-0.3, -0.25) is 4.98 Å². The predicted octanol–water partition coefficient (Wildman–Crippen LogP) is 3.40. The summed E-state index contributed by atoms with van der Waals surface area (Å²) in [5, 5.41) is 15.7. The fourth-order valence-electron chi connectivity index (χ4n) is 2.64. The predicted molar refractivity (Wildman–Crippen MR) is 98.8 cm³/mol. The van der Waals surface area contributed by atoms with Gasteiger partial charge in [0.05, 0.1) is 10.4 Å². The highest BCUT2D eigenvalue weighted by molar-refractivity contribution is 7.13. The van der Waals surface area contributed by atoms with Crippen molar-refractivity contribution in [3.8, 4) is 27.9 Å². The maximum absolute atomic E-state index is 4.70. The maximum atomic E-state index is 4.70. The van der Waals surface area contributed by atoms with Crippen LogP contribution in [0.3, 0.4) is 0 Å². The lowest BCUT2D eigenvalue weighted by Crippen LogP contribution is -2.05. The van der Waals surface area contributed by atoms with Gasteiger partial charge in [0.2, 0.25) is 5.82 Å². The summed E-state index contributed by atoms with van der Waals surface area (Å²) < 4.78 is 0. The van der Waals surface area contributed by atoms with Crippen LogP contribution in [0.5, 0.6) is 0 Å². The molecule has 5 aromatic rings. The zero-order valence-electron chi connectivity index (χ0n) is 13.4. The molecule has 0 radical (unpaired) electrons. The van der Waals surface area contributed by atoms with E-state index in [0.29, 0.717) is 17.5 Å². The summed E-state index contributed by atoms with van der Waals surface area (Å²) in [4.78, 5) is 15.9. The van der Waals surface area contributed by atoms with Crippen molar-refractivity contribution in [2.24, 2.45) is 0 Å². The van der Waals surface area contributed by atoms with Crippen LogP contribution in [0.4, 0.5) is 0 Å². The number of fused-ring (bicyclic) bond motifs is 1. The fourth-order valence-corrected chi connectivity index (χ4v) is 3.30. The van der Waals surface area contributed by atoms with Crippen molar-refractivity contribution >= 4 is 22.2 Å². The molecule has 7 nitrogen and oxygen atoms in total. The molecule has 1 aromatic carbocycles. The Morgan fingerprint density at radius 2 is 1.85 bits per heavy atom. The fraction of sp³-hybridized carbons (Fsp3) is 0. The Balaban J connectivity index is 1.70. The first-order chi connectivity index (χ1) is 12.9. The van der Waals surface area contributed by atoms with Crippen molar-refractivity contribution in [3.05, 3.63) is 66.3 Å². The molecule has 0 unspecified atom stereocenters. The van der Waals surface area contributed by atoms with Gasteiger partial charge in [-0.25, -0.2) is 9.97 Å². The Morgan fingerprint density at radius 1 is 0.885 bits per heavy atom. The molecule has 0 N–H and O–H groups in total. The maximum Gasteiger partial charge on any atom is 0.206 e. The van der Waals surface area contributed by atoms with E-state index in [9.17, 15) is 0 Å². The highest BCUT2D eigenvalue weighted by Crippen LogP contribution is 2.26. The average Bonchev–Trinajstić information content (AvgIpc) is 3.40. The smallest absolute Gasteiger partial charge is 0.206 e. The number of para-hydroxylation sites is 1. The summed E-state index contributed by atoms with van der Waals surface area (Å²) in [6.07, 6.45) is 3.41. The number of hydrogen-bond donors (Lipinski definition) is 0. The summed E-state index contributed by atoms with van der Waals surface area (Å²) in [6, 6.07) is 15.5. The molecule has 0 aliphatic carbocycles. The largest absolute Gasteiger partial charge is 0.264 e. The van der Waals surface area contributed by atoms with Crippen molar-refractivity contribution < 1.29 is 0 Å². The summed E-state index contributed by atoms with van der Waals surface area (Å²) in [5.74, 6) is 1.74. The van der Waals surface area contributed by atoms with Gasteiger partial charge in [0.15, 0.2) is 11.6 Å². The van der Waals surface area contributed by atoms with Crippen LogP contribution in [0.2, 0.25) is 0 Å². The van der Waals surface area contributed by atoms with Gasteiger partial charge < -0.3 is 0 Å². The van der Waals surface area contributed by atoms with Gasteiger partial charge in [-0.1, -0.05) is 18.2 Å². The molecule has 0 aliphatic heterocycles. The second kappa shape index (κ2) is 6.08. The molecule has 124 valence electrons. The number of benzene rings is 1. The topological polar surface area (TPSA) is 82.3 Å². The normalized spacial score (nSPS) is 11.1. The second-order valence-corrected chi connectivity index (χ2v) is 6.46. The van der Waals surface area contributed by atoms with Crippen molar-refractivity contribution in [2.75, 3.05) is 0 Å². The Labute approximate surface area is 152 Å². The van der Waals surface area contributed by atoms with Crippen LogP contribution in [0.15, 0.2) is 66.3 Å². The molecule has 0 fully saturated rings. The molecule has 0 aliphatic rings. The molecule has 4 heterocycles. The van der Waals surface area contributed by atoms with Crippen LogP contribution in [0.25, 0.3) is 38.8 Å². The molecule has 4 aromatic heterocycles. The number of pyridine rings is 1. The van der Waals surface area contributed by atoms with Crippen LogP contribution in [-0.4, -0.2) is 35.2 Å². The average molecular weight is 357 g/mol. The van der Waals surface area contributed by atoms with Crippen LogP contribution < -0.4 is 0 Å². The standard InChI is InChI=1S/C18H11N7S/c1-2-7-14-13(6-1)18(21-17(20-14)15-8-4-10-26-15)25-23-16(22-24-25)12-5-3-9-19-11-12/h1-11H. The summed E-state index contributed by atoms with van der Waals surface area (Å²) >= 11 is 1.59. The molecule has 5 rings (SSSR count). The minimum Gasteiger partial charge on any atom is -0.264 e. The first kappa shape index (κ1) is 14.8. The van der Waals surface area contributed by atoms with Gasteiger partial charge in [-0.15, -0.1) is 26.3 Å². The van der Waals surface area contributed by atoms with Crippen molar-refractivity contribution in [3.63, 3.8) is 0 Å². The SMILES string of the molecule is c1cncc(-c2nnn(-c3nc(-c4cccs4)nc4ccccc34)n2)c1. The van der Waals surface area contributed by atoms with Gasteiger partial charge in [0.25, 0.3) is 0 Å². The van der Waals surface area contributed by atoms with Gasteiger partial charge in [-0.2, -0.15) is 0 Å². The third-order valence-electron chi connectivity index (χ3n) is 3.85. The Bertz CT molecular complexity index is 1180. The lowest BCUT2D eigenvalue weighted by molar-refractivity contribution is 0.705. The zero-order chi connectivity index (χ0) is 17.3. The van der Waals surface area contributed by atoms with Gasteiger partial charge in [-0.05, 0) is 40.9 Å².